The van der Waals surface area contributed by atoms with E-state index in [2.05, 4.69) is 16.0 Å². The van der Waals surface area contributed by atoms with E-state index in [-0.39, 0.29) is 24.5 Å². The Kier molecular flexibility index (Phi) is 8.43. The summed E-state index contributed by atoms with van der Waals surface area (Å²) in [6.45, 7) is 6.17. The van der Waals surface area contributed by atoms with Gasteiger partial charge in [-0.2, -0.15) is 0 Å². The number of hydrogen-bond donors (Lipinski definition) is 4. The second-order valence-corrected chi connectivity index (χ2v) is 7.20. The molecule has 0 radical (unpaired) electrons. The van der Waals surface area contributed by atoms with E-state index >= 15 is 0 Å². The van der Waals surface area contributed by atoms with Crippen LogP contribution < -0.4 is 20.7 Å². The highest BCUT2D eigenvalue weighted by Crippen LogP contribution is 2.19. The number of nitrogens with one attached hydrogen (secondary N) is 3. The van der Waals surface area contributed by atoms with Crippen LogP contribution >= 0.6 is 0 Å². The molecule has 28 heavy (non-hydrogen) atoms. The van der Waals surface area contributed by atoms with Crippen LogP contribution in [0.4, 0.5) is 0 Å². The minimum Gasteiger partial charge on any atom is -0.488 e. The Morgan fingerprint density at radius 3 is 2.14 bits per heavy atom. The summed E-state index contributed by atoms with van der Waals surface area (Å²) in [5.74, 6) is -2.07. The number of ether oxygens (including phenoxy) is 1. The molecule has 0 aromatic heterocycles. The molecule has 0 aliphatic rings. The molecule has 0 heterocycles. The van der Waals surface area contributed by atoms with Gasteiger partial charge in [-0.1, -0.05) is 12.1 Å². The fourth-order valence-electron chi connectivity index (χ4n) is 2.26. The van der Waals surface area contributed by atoms with Crippen molar-refractivity contribution in [1.29, 1.82) is 0 Å². The van der Waals surface area contributed by atoms with Crippen LogP contribution in [0.2, 0.25) is 0 Å². The fourth-order valence-corrected chi connectivity index (χ4v) is 2.26. The number of carbonyl (C=O) groups excluding carboxylic acids is 3. The van der Waals surface area contributed by atoms with Gasteiger partial charge in [0.15, 0.2) is 0 Å². The number of benzene rings is 1. The summed E-state index contributed by atoms with van der Waals surface area (Å²) in [6.07, 6.45) is 0.220. The second-order valence-electron chi connectivity index (χ2n) is 7.20. The van der Waals surface area contributed by atoms with E-state index in [4.69, 9.17) is 9.84 Å². The SMILES string of the molecule is CC(=O)N[C@@H](Cc1ccc(OC(C)(C)C)cc1)C(=O)NCC(=O)NCC(=O)O. The van der Waals surface area contributed by atoms with Crippen molar-refractivity contribution >= 4 is 23.7 Å². The lowest BCUT2D eigenvalue weighted by atomic mass is 10.0. The van der Waals surface area contributed by atoms with Crippen molar-refractivity contribution in [1.82, 2.24) is 16.0 Å². The smallest absolute Gasteiger partial charge is 0.322 e. The predicted octanol–water partition coefficient (Wildman–Crippen LogP) is 0.228. The lowest BCUT2D eigenvalue weighted by molar-refractivity contribution is -0.138. The third kappa shape index (κ3) is 9.56. The van der Waals surface area contributed by atoms with Gasteiger partial charge in [-0.15, -0.1) is 0 Å². The van der Waals surface area contributed by atoms with Gasteiger partial charge in [0.1, 0.15) is 23.9 Å². The fraction of sp³-hybridized carbons (Fsp3) is 0.474. The number of rotatable bonds is 9. The molecule has 4 N–H and O–H groups in total. The monoisotopic (exact) mass is 393 g/mol. The Labute approximate surface area is 163 Å². The van der Waals surface area contributed by atoms with E-state index in [0.29, 0.717) is 5.75 Å². The van der Waals surface area contributed by atoms with Gasteiger partial charge in [0.05, 0.1) is 6.54 Å². The van der Waals surface area contributed by atoms with Crippen LogP contribution in [0.5, 0.6) is 5.75 Å². The average Bonchev–Trinajstić information content (AvgIpc) is 2.57. The van der Waals surface area contributed by atoms with E-state index in [1.165, 1.54) is 6.92 Å². The van der Waals surface area contributed by atoms with Crippen molar-refractivity contribution in [2.75, 3.05) is 13.1 Å². The van der Waals surface area contributed by atoms with Gasteiger partial charge in [0.2, 0.25) is 17.7 Å². The number of carbonyl (C=O) groups is 4. The highest BCUT2D eigenvalue weighted by Gasteiger charge is 2.21. The molecule has 0 saturated heterocycles. The van der Waals surface area contributed by atoms with Crippen molar-refractivity contribution in [2.45, 2.75) is 45.8 Å². The van der Waals surface area contributed by atoms with Crippen molar-refractivity contribution in [3.8, 4) is 5.75 Å². The number of carboxylic acids is 1. The van der Waals surface area contributed by atoms with E-state index in [1.54, 1.807) is 24.3 Å². The Hall–Kier alpha value is -3.10. The highest BCUT2D eigenvalue weighted by molar-refractivity contribution is 5.91. The molecule has 0 bridgehead atoms. The van der Waals surface area contributed by atoms with Gasteiger partial charge in [-0.25, -0.2) is 0 Å². The van der Waals surface area contributed by atoms with Gasteiger partial charge in [0, 0.05) is 13.3 Å². The molecule has 3 amide bonds. The molecule has 0 saturated carbocycles. The first kappa shape index (κ1) is 22.9. The van der Waals surface area contributed by atoms with Crippen LogP contribution in [0.1, 0.15) is 33.3 Å². The normalized spacial score (nSPS) is 11.9. The number of hydrogen-bond acceptors (Lipinski definition) is 5. The third-order valence-electron chi connectivity index (χ3n) is 3.34. The van der Waals surface area contributed by atoms with Gasteiger partial charge >= 0.3 is 5.97 Å². The molecule has 0 unspecified atom stereocenters. The topological polar surface area (TPSA) is 134 Å². The Balaban J connectivity index is 2.69. The van der Waals surface area contributed by atoms with Crippen molar-refractivity contribution in [2.24, 2.45) is 0 Å². The lowest BCUT2D eigenvalue weighted by Gasteiger charge is -2.22. The van der Waals surface area contributed by atoms with Gasteiger partial charge < -0.3 is 25.8 Å². The summed E-state index contributed by atoms with van der Waals surface area (Å²) >= 11 is 0. The summed E-state index contributed by atoms with van der Waals surface area (Å²) in [4.78, 5) is 45.7. The van der Waals surface area contributed by atoms with Crippen molar-refractivity contribution < 1.29 is 29.0 Å². The molecule has 1 atom stereocenters. The summed E-state index contributed by atoms with van der Waals surface area (Å²) in [5.41, 5.74) is 0.465. The molecule has 9 heteroatoms. The van der Waals surface area contributed by atoms with Crippen LogP contribution in [0, 0.1) is 0 Å². The van der Waals surface area contributed by atoms with Crippen molar-refractivity contribution in [3.05, 3.63) is 29.8 Å². The predicted molar refractivity (Wildman–Crippen MR) is 102 cm³/mol. The number of carboxylic acid groups (broad SMARTS) is 1. The highest BCUT2D eigenvalue weighted by atomic mass is 16.5. The van der Waals surface area contributed by atoms with Crippen LogP contribution in [-0.4, -0.2) is 53.5 Å². The zero-order chi connectivity index (χ0) is 21.3. The summed E-state index contributed by atoms with van der Waals surface area (Å²) < 4.78 is 5.74. The summed E-state index contributed by atoms with van der Waals surface area (Å²) in [7, 11) is 0. The first-order valence-corrected chi connectivity index (χ1v) is 8.77. The van der Waals surface area contributed by atoms with Crippen LogP contribution in [0.3, 0.4) is 0 Å². The van der Waals surface area contributed by atoms with Gasteiger partial charge in [0.25, 0.3) is 0 Å². The first-order chi connectivity index (χ1) is 13.0. The third-order valence-corrected chi connectivity index (χ3v) is 3.34. The van der Waals surface area contributed by atoms with Gasteiger partial charge in [-0.3, -0.25) is 19.2 Å². The first-order valence-electron chi connectivity index (χ1n) is 8.77. The maximum atomic E-state index is 12.3. The van der Waals surface area contributed by atoms with Crippen LogP contribution in [0.15, 0.2) is 24.3 Å². The summed E-state index contributed by atoms with van der Waals surface area (Å²) in [6, 6.07) is 6.27. The molecule has 1 aromatic carbocycles. The molecule has 1 aromatic rings. The van der Waals surface area contributed by atoms with Crippen LogP contribution in [0.25, 0.3) is 0 Å². The Bertz CT molecular complexity index is 709. The molecule has 0 aliphatic heterocycles. The average molecular weight is 393 g/mol. The maximum absolute atomic E-state index is 12.3. The number of amides is 3. The zero-order valence-corrected chi connectivity index (χ0v) is 16.5. The minimum absolute atomic E-state index is 0.220. The molecular weight excluding hydrogens is 366 g/mol. The van der Waals surface area contributed by atoms with E-state index < -0.39 is 30.4 Å². The van der Waals surface area contributed by atoms with Gasteiger partial charge in [-0.05, 0) is 38.5 Å². The van der Waals surface area contributed by atoms with E-state index in [9.17, 15) is 19.2 Å². The number of aliphatic carboxylic acids is 1. The van der Waals surface area contributed by atoms with Crippen LogP contribution in [-0.2, 0) is 25.6 Å². The maximum Gasteiger partial charge on any atom is 0.322 e. The quantitative estimate of drug-likeness (QED) is 0.474. The molecule has 9 nitrogen and oxygen atoms in total. The van der Waals surface area contributed by atoms with Crippen molar-refractivity contribution in [3.63, 3.8) is 0 Å². The summed E-state index contributed by atoms with van der Waals surface area (Å²) in [5, 5.41) is 15.6. The Morgan fingerprint density at radius 1 is 1.04 bits per heavy atom. The second kappa shape index (κ2) is 10.3. The molecule has 0 aliphatic carbocycles. The molecule has 0 fully saturated rings. The lowest BCUT2D eigenvalue weighted by Crippen LogP contribution is -2.49. The minimum atomic E-state index is -1.19. The van der Waals surface area contributed by atoms with E-state index in [0.717, 1.165) is 5.56 Å². The standard InChI is InChI=1S/C19H27N3O6/c1-12(23)22-15(18(27)21-10-16(24)20-11-17(25)26)9-13-5-7-14(8-6-13)28-19(2,3)4/h5-8,15H,9-11H2,1-4H3,(H,20,24)(H,21,27)(H,22,23)(H,25,26)/t15-/m0/s1. The molecule has 0 spiro atoms. The zero-order valence-electron chi connectivity index (χ0n) is 16.5. The Morgan fingerprint density at radius 2 is 1.64 bits per heavy atom. The molecular formula is C19H27N3O6. The largest absolute Gasteiger partial charge is 0.488 e. The molecule has 1 rings (SSSR count). The molecule has 154 valence electrons. The van der Waals surface area contributed by atoms with E-state index in [1.807, 2.05) is 20.8 Å².